The van der Waals surface area contributed by atoms with Gasteiger partial charge in [0.1, 0.15) is 16.5 Å². The van der Waals surface area contributed by atoms with Crippen molar-refractivity contribution in [3.8, 4) is 11.5 Å². The van der Waals surface area contributed by atoms with Crippen LogP contribution in [0.25, 0.3) is 22.1 Å². The number of thioether (sulfide) groups is 1. The molecule has 218 valence electrons. The van der Waals surface area contributed by atoms with Gasteiger partial charge < -0.3 is 19.4 Å². The number of carbonyl (C=O) groups excluding carboxylic acids is 2. The molecule has 6 aromatic rings. The van der Waals surface area contributed by atoms with Crippen molar-refractivity contribution in [2.24, 2.45) is 0 Å². The van der Waals surface area contributed by atoms with Crippen molar-refractivity contribution in [2.45, 2.75) is 5.16 Å². The van der Waals surface area contributed by atoms with E-state index in [1.165, 1.54) is 18.9 Å². The molecule has 0 spiro atoms. The number of halogens is 3. The third-order valence-corrected chi connectivity index (χ3v) is 7.71. The Bertz CT molecular complexity index is 1950. The quantitative estimate of drug-likeness (QED) is 0.121. The zero-order valence-electron chi connectivity index (χ0n) is 22.6. The Hall–Kier alpha value is -4.22. The van der Waals surface area contributed by atoms with E-state index < -0.39 is 6.09 Å². The van der Waals surface area contributed by atoms with Crippen molar-refractivity contribution in [3.63, 3.8) is 0 Å². The number of methoxy groups -OCH3 is 1. The highest BCUT2D eigenvalue weighted by Gasteiger charge is 2.14. The van der Waals surface area contributed by atoms with E-state index in [2.05, 4.69) is 30.0 Å². The topological polar surface area (TPSA) is 122 Å². The van der Waals surface area contributed by atoms with Gasteiger partial charge in [-0.3, -0.25) is 10.1 Å². The molecule has 9 nitrogen and oxygen atoms in total. The van der Waals surface area contributed by atoms with Crippen LogP contribution in [-0.2, 0) is 4.74 Å². The lowest BCUT2D eigenvalue weighted by molar-refractivity contribution is 0.103. The average molecular weight is 655 g/mol. The number of hydrogen-bond donors (Lipinski definition) is 3. The highest BCUT2D eigenvalue weighted by molar-refractivity contribution is 7.98. The van der Waals surface area contributed by atoms with Crippen LogP contribution in [0.1, 0.15) is 15.9 Å². The SMILES string of the molecule is COC(=O)Nc1nc2ccc(C(=O)c3ccccc3)cc2[nH]1.CSc1nc2cc(Oc3cccc(Cl)c3Cl)c(Cl)cc2[nH]1. The Kier molecular flexibility index (Phi) is 9.42. The zero-order valence-corrected chi connectivity index (χ0v) is 25.7. The second-order valence-electron chi connectivity index (χ2n) is 8.83. The summed E-state index contributed by atoms with van der Waals surface area (Å²) in [7, 11) is 1.27. The van der Waals surface area contributed by atoms with E-state index in [-0.39, 0.29) is 11.7 Å². The van der Waals surface area contributed by atoms with Crippen molar-refractivity contribution in [2.75, 3.05) is 18.7 Å². The van der Waals surface area contributed by atoms with E-state index >= 15 is 0 Å². The Labute approximate surface area is 264 Å². The van der Waals surface area contributed by atoms with E-state index in [0.29, 0.717) is 48.7 Å². The number of aromatic nitrogens is 4. The van der Waals surface area contributed by atoms with Crippen LogP contribution < -0.4 is 10.1 Å². The molecular formula is C30H22Cl3N5O4S. The lowest BCUT2D eigenvalue weighted by atomic mass is 10.0. The van der Waals surface area contributed by atoms with Gasteiger partial charge in [-0.25, -0.2) is 14.8 Å². The minimum atomic E-state index is -0.611. The maximum atomic E-state index is 12.4. The van der Waals surface area contributed by atoms with Gasteiger partial charge in [0, 0.05) is 17.2 Å². The molecule has 0 unspecified atom stereocenters. The molecular weight excluding hydrogens is 633 g/mol. The summed E-state index contributed by atoms with van der Waals surface area (Å²) in [4.78, 5) is 38.3. The van der Waals surface area contributed by atoms with Crippen molar-refractivity contribution in [3.05, 3.63) is 105 Å². The smallest absolute Gasteiger partial charge is 0.413 e. The number of nitrogens with zero attached hydrogens (tertiary/aromatic N) is 2. The summed E-state index contributed by atoms with van der Waals surface area (Å²) in [6.45, 7) is 0. The maximum absolute atomic E-state index is 12.4. The number of amides is 1. The molecule has 13 heteroatoms. The summed E-state index contributed by atoms with van der Waals surface area (Å²) < 4.78 is 10.3. The number of rotatable bonds is 6. The minimum Gasteiger partial charge on any atom is -0.454 e. The summed E-state index contributed by atoms with van der Waals surface area (Å²) in [5, 5.41) is 4.51. The van der Waals surface area contributed by atoms with E-state index in [9.17, 15) is 9.59 Å². The number of hydrogen-bond acceptors (Lipinski definition) is 7. The van der Waals surface area contributed by atoms with Gasteiger partial charge in [0.25, 0.3) is 0 Å². The fraction of sp³-hybridized carbons (Fsp3) is 0.0667. The lowest BCUT2D eigenvalue weighted by Crippen LogP contribution is -2.11. The number of imidazole rings is 2. The van der Waals surface area contributed by atoms with Crippen molar-refractivity contribution in [1.29, 1.82) is 0 Å². The standard InChI is InChI=1S/C16H13N3O3.C14H9Cl3N2OS/c1-22-16(21)19-15-17-12-8-7-11(9-13(12)18-15)14(20)10-5-3-2-4-6-10;1-21-14-18-9-5-8(16)12(6-10(9)19-14)20-11-4-2-3-7(15)13(11)17/h2-9H,1H3,(H2,17,18,19,21);2-6H,1H3,(H,18,19). The number of aromatic amines is 2. The first-order valence-corrected chi connectivity index (χ1v) is 14.9. The lowest BCUT2D eigenvalue weighted by Gasteiger charge is -2.09. The Morgan fingerprint density at radius 3 is 2.30 bits per heavy atom. The molecule has 0 atom stereocenters. The third kappa shape index (κ3) is 7.06. The van der Waals surface area contributed by atoms with E-state index in [4.69, 9.17) is 39.5 Å². The zero-order chi connectivity index (χ0) is 30.5. The van der Waals surface area contributed by atoms with Crippen molar-refractivity contribution < 1.29 is 19.1 Å². The van der Waals surface area contributed by atoms with Crippen molar-refractivity contribution >= 4 is 86.5 Å². The van der Waals surface area contributed by atoms with Crippen LogP contribution in [0.2, 0.25) is 15.1 Å². The molecule has 0 bridgehead atoms. The number of fused-ring (bicyclic) bond motifs is 2. The van der Waals surface area contributed by atoms with Gasteiger partial charge >= 0.3 is 6.09 Å². The monoisotopic (exact) mass is 653 g/mol. The van der Waals surface area contributed by atoms with Gasteiger partial charge in [0.15, 0.2) is 10.9 Å². The van der Waals surface area contributed by atoms with Gasteiger partial charge in [0.05, 0.1) is 39.2 Å². The second-order valence-corrected chi connectivity index (χ2v) is 10.8. The number of H-pyrrole nitrogens is 2. The molecule has 0 aliphatic rings. The summed E-state index contributed by atoms with van der Waals surface area (Å²) in [5.74, 6) is 1.13. The molecule has 0 aliphatic carbocycles. The molecule has 0 radical (unpaired) electrons. The molecule has 4 aromatic carbocycles. The first kappa shape index (κ1) is 30.2. The number of ether oxygens (including phenoxy) is 2. The number of nitrogens with one attached hydrogen (secondary N) is 3. The largest absolute Gasteiger partial charge is 0.454 e. The number of ketones is 1. The van der Waals surface area contributed by atoms with E-state index in [0.717, 1.165) is 16.2 Å². The third-order valence-electron chi connectivity index (χ3n) is 6.03. The molecule has 0 fully saturated rings. The maximum Gasteiger partial charge on any atom is 0.413 e. The van der Waals surface area contributed by atoms with E-state index in [1.54, 1.807) is 60.7 Å². The fourth-order valence-corrected chi connectivity index (χ4v) is 4.89. The Morgan fingerprint density at radius 1 is 0.791 bits per heavy atom. The van der Waals surface area contributed by atoms with E-state index in [1.807, 2.05) is 24.5 Å². The molecule has 2 aromatic heterocycles. The molecule has 3 N–H and O–H groups in total. The summed E-state index contributed by atoms with van der Waals surface area (Å²) >= 11 is 19.9. The van der Waals surface area contributed by atoms with Gasteiger partial charge in [0.2, 0.25) is 5.95 Å². The molecule has 6 rings (SSSR count). The minimum absolute atomic E-state index is 0.0698. The van der Waals surface area contributed by atoms with Crippen molar-refractivity contribution in [1.82, 2.24) is 19.9 Å². The van der Waals surface area contributed by atoms with Crippen LogP contribution in [0.4, 0.5) is 10.7 Å². The summed E-state index contributed by atoms with van der Waals surface area (Å²) in [5.41, 5.74) is 4.11. The number of benzene rings is 4. The van der Waals surface area contributed by atoms with Gasteiger partial charge in [-0.05, 0) is 42.7 Å². The summed E-state index contributed by atoms with van der Waals surface area (Å²) in [6.07, 6.45) is 1.34. The highest BCUT2D eigenvalue weighted by Crippen LogP contribution is 2.38. The normalized spacial score (nSPS) is 10.7. The molecule has 2 heterocycles. The second kappa shape index (κ2) is 13.4. The van der Waals surface area contributed by atoms with Crippen LogP contribution in [0, 0.1) is 0 Å². The van der Waals surface area contributed by atoms with Crippen LogP contribution >= 0.6 is 46.6 Å². The molecule has 0 saturated carbocycles. The molecule has 0 saturated heterocycles. The fourth-order valence-electron chi connectivity index (χ4n) is 3.96. The number of anilines is 1. The van der Waals surface area contributed by atoms with Gasteiger partial charge in [-0.15, -0.1) is 0 Å². The average Bonchev–Trinajstić information content (AvgIpc) is 3.62. The molecule has 43 heavy (non-hydrogen) atoms. The molecule has 1 amide bonds. The molecule has 0 aliphatic heterocycles. The number of carbonyl (C=O) groups is 2. The first-order valence-electron chi connectivity index (χ1n) is 12.6. The van der Waals surface area contributed by atoms with Crippen LogP contribution in [0.5, 0.6) is 11.5 Å². The summed E-state index contributed by atoms with van der Waals surface area (Å²) in [6, 6.07) is 22.9. The van der Waals surface area contributed by atoms with Crippen LogP contribution in [0.3, 0.4) is 0 Å². The predicted molar refractivity (Wildman–Crippen MR) is 171 cm³/mol. The first-order chi connectivity index (χ1) is 20.7. The Morgan fingerprint density at radius 2 is 1.56 bits per heavy atom. The van der Waals surface area contributed by atoms with Gasteiger partial charge in [-0.1, -0.05) is 83.0 Å². The van der Waals surface area contributed by atoms with Crippen LogP contribution in [-0.4, -0.2) is 45.2 Å². The highest BCUT2D eigenvalue weighted by atomic mass is 35.5. The van der Waals surface area contributed by atoms with Gasteiger partial charge in [-0.2, -0.15) is 0 Å². The Balaban J connectivity index is 0.000000171. The predicted octanol–water partition coefficient (Wildman–Crippen LogP) is 9.01. The van der Waals surface area contributed by atoms with Crippen LogP contribution in [0.15, 0.2) is 84.0 Å².